The number of hydrogen-bond acceptors (Lipinski definition) is 6. The predicted molar refractivity (Wildman–Crippen MR) is 73.4 cm³/mol. The molecule has 0 unspecified atom stereocenters. The molecule has 6 nitrogen and oxygen atoms in total. The second kappa shape index (κ2) is 8.14. The maximum absolute atomic E-state index is 10.6. The highest BCUT2D eigenvalue weighted by Crippen LogP contribution is 2.12. The number of hydrogen-bond donors (Lipinski definition) is 3. The van der Waals surface area contributed by atoms with Crippen LogP contribution in [-0.4, -0.2) is 87.8 Å². The van der Waals surface area contributed by atoms with E-state index in [1.54, 1.807) is 0 Å². The summed E-state index contributed by atoms with van der Waals surface area (Å²) in [4.78, 5) is 2.28. The fraction of sp³-hybridized carbons (Fsp3) is 1.00. The second-order valence-corrected chi connectivity index (χ2v) is 5.46. The van der Waals surface area contributed by atoms with Gasteiger partial charge < -0.3 is 25.2 Å². The molecule has 0 radical (unpaired) electrons. The van der Waals surface area contributed by atoms with E-state index in [9.17, 15) is 5.11 Å². The average Bonchev–Trinajstić information content (AvgIpc) is 2.49. The van der Waals surface area contributed by atoms with Gasteiger partial charge in [-0.15, -0.1) is 0 Å². The van der Waals surface area contributed by atoms with E-state index in [-0.39, 0.29) is 0 Å². The molecule has 2 saturated heterocycles. The highest BCUT2D eigenvalue weighted by atomic mass is 16.5. The smallest absolute Gasteiger partial charge is 0.124 e. The van der Waals surface area contributed by atoms with Crippen molar-refractivity contribution in [3.63, 3.8) is 0 Å². The van der Waals surface area contributed by atoms with Crippen molar-refractivity contribution in [3.05, 3.63) is 0 Å². The lowest BCUT2D eigenvalue weighted by Gasteiger charge is -2.35. The molecule has 112 valence electrons. The molecule has 0 atom stereocenters. The molecule has 3 N–H and O–H groups in total. The molecule has 2 rings (SSSR count). The molecule has 6 heteroatoms. The van der Waals surface area contributed by atoms with E-state index < -0.39 is 5.60 Å². The van der Waals surface area contributed by atoms with Gasteiger partial charge in [0, 0.05) is 59.0 Å². The van der Waals surface area contributed by atoms with Crippen LogP contribution in [0.1, 0.15) is 6.42 Å². The number of β-amino-alcohol motifs (C(OH)–C–C–N with tert-alkyl or cyclic N) is 1. The third-order valence-electron chi connectivity index (χ3n) is 3.52. The first-order valence-electron chi connectivity index (χ1n) is 7.30. The topological polar surface area (TPSA) is 66.0 Å². The zero-order chi connectivity index (χ0) is 13.4. The molecular formula is C13H27N3O3. The molecular weight excluding hydrogens is 246 g/mol. The van der Waals surface area contributed by atoms with E-state index in [4.69, 9.17) is 9.47 Å². The summed E-state index contributed by atoms with van der Waals surface area (Å²) in [5.74, 6) is 0. The largest absolute Gasteiger partial charge is 0.384 e. The molecule has 2 fully saturated rings. The molecule has 19 heavy (non-hydrogen) atoms. The van der Waals surface area contributed by atoms with Gasteiger partial charge in [-0.1, -0.05) is 0 Å². The van der Waals surface area contributed by atoms with Gasteiger partial charge in [-0.05, 0) is 6.42 Å². The average molecular weight is 273 g/mol. The first-order chi connectivity index (χ1) is 9.29. The highest BCUT2D eigenvalue weighted by Gasteiger charge is 2.31. The number of nitrogens with one attached hydrogen (secondary N) is 2. The fourth-order valence-corrected chi connectivity index (χ4v) is 2.51. The number of rotatable bonds is 2. The molecule has 2 heterocycles. The Hall–Kier alpha value is -0.240. The van der Waals surface area contributed by atoms with E-state index in [2.05, 4.69) is 15.5 Å². The van der Waals surface area contributed by atoms with Crippen LogP contribution in [0.15, 0.2) is 0 Å². The second-order valence-electron chi connectivity index (χ2n) is 5.46. The van der Waals surface area contributed by atoms with Gasteiger partial charge in [-0.3, -0.25) is 4.90 Å². The van der Waals surface area contributed by atoms with Gasteiger partial charge in [0.25, 0.3) is 0 Å². The zero-order valence-corrected chi connectivity index (χ0v) is 11.7. The highest BCUT2D eigenvalue weighted by molar-refractivity contribution is 4.84. The third kappa shape index (κ3) is 5.72. The number of ether oxygens (including phenoxy) is 2. The minimum absolute atomic E-state index is 0.365. The van der Waals surface area contributed by atoms with Crippen LogP contribution in [0.4, 0.5) is 0 Å². The lowest BCUT2D eigenvalue weighted by molar-refractivity contribution is -0.126. The Bertz CT molecular complexity index is 235. The van der Waals surface area contributed by atoms with Crippen molar-refractivity contribution in [2.75, 3.05) is 72.2 Å². The Morgan fingerprint density at radius 2 is 1.53 bits per heavy atom. The van der Waals surface area contributed by atoms with Crippen LogP contribution < -0.4 is 10.6 Å². The van der Waals surface area contributed by atoms with Crippen molar-refractivity contribution in [2.45, 2.75) is 12.0 Å². The summed E-state index contributed by atoms with van der Waals surface area (Å²) in [6, 6.07) is 0. The lowest BCUT2D eigenvalue weighted by Crippen LogP contribution is -2.52. The van der Waals surface area contributed by atoms with Crippen LogP contribution in [0, 0.1) is 0 Å². The summed E-state index contributed by atoms with van der Waals surface area (Å²) in [7, 11) is 0. The Morgan fingerprint density at radius 1 is 0.947 bits per heavy atom. The van der Waals surface area contributed by atoms with Crippen molar-refractivity contribution in [3.8, 4) is 0 Å². The maximum atomic E-state index is 10.6. The first-order valence-corrected chi connectivity index (χ1v) is 7.30. The van der Waals surface area contributed by atoms with Gasteiger partial charge in [0.2, 0.25) is 0 Å². The first kappa shape index (κ1) is 15.2. The van der Waals surface area contributed by atoms with Crippen LogP contribution in [0.2, 0.25) is 0 Å². The van der Waals surface area contributed by atoms with E-state index >= 15 is 0 Å². The number of aliphatic hydroxyl groups is 1. The van der Waals surface area contributed by atoms with Crippen molar-refractivity contribution in [2.24, 2.45) is 0 Å². The van der Waals surface area contributed by atoms with Gasteiger partial charge in [-0.2, -0.15) is 0 Å². The van der Waals surface area contributed by atoms with Gasteiger partial charge in [0.15, 0.2) is 0 Å². The van der Waals surface area contributed by atoms with Crippen LogP contribution in [0.3, 0.4) is 0 Å². The van der Waals surface area contributed by atoms with Crippen LogP contribution >= 0.6 is 0 Å². The minimum Gasteiger partial charge on any atom is -0.384 e. The Kier molecular flexibility index (Phi) is 6.49. The normalized spacial score (nSPS) is 27.6. The molecule has 0 aromatic heterocycles. The summed E-state index contributed by atoms with van der Waals surface area (Å²) in [5.41, 5.74) is -0.880. The third-order valence-corrected chi connectivity index (χ3v) is 3.52. The van der Waals surface area contributed by atoms with Gasteiger partial charge in [0.1, 0.15) is 5.60 Å². The summed E-state index contributed by atoms with van der Waals surface area (Å²) < 4.78 is 11.0. The lowest BCUT2D eigenvalue weighted by atomic mass is 10.1. The molecule has 0 spiro atoms. The molecule has 0 aromatic carbocycles. The molecule has 0 saturated carbocycles. The Morgan fingerprint density at radius 3 is 2.11 bits per heavy atom. The van der Waals surface area contributed by atoms with Crippen molar-refractivity contribution < 1.29 is 14.6 Å². The Balaban J connectivity index is 1.84. The minimum atomic E-state index is -0.880. The summed E-state index contributed by atoms with van der Waals surface area (Å²) >= 11 is 0. The standard InChI is InChI=1S/C13H27N3O3/c17-13(11-18-8-1-9-19-12-13)10-16-6-4-14-2-3-15-5-7-16/h14-15,17H,1-12H2. The predicted octanol–water partition coefficient (Wildman–Crippen LogP) is -1.35. The van der Waals surface area contributed by atoms with E-state index in [1.165, 1.54) is 0 Å². The van der Waals surface area contributed by atoms with Gasteiger partial charge >= 0.3 is 0 Å². The van der Waals surface area contributed by atoms with E-state index in [1.807, 2.05) is 0 Å². The number of nitrogens with zero attached hydrogens (tertiary/aromatic N) is 1. The van der Waals surface area contributed by atoms with Gasteiger partial charge in [0.05, 0.1) is 13.2 Å². The van der Waals surface area contributed by atoms with E-state index in [0.717, 1.165) is 45.7 Å². The summed E-state index contributed by atoms with van der Waals surface area (Å²) in [6.45, 7) is 8.50. The molecule has 0 amide bonds. The van der Waals surface area contributed by atoms with Crippen molar-refractivity contribution in [1.29, 1.82) is 0 Å². The summed E-state index contributed by atoms with van der Waals surface area (Å²) in [5, 5.41) is 17.4. The monoisotopic (exact) mass is 273 g/mol. The molecule has 0 aliphatic carbocycles. The summed E-state index contributed by atoms with van der Waals surface area (Å²) in [6.07, 6.45) is 0.910. The van der Waals surface area contributed by atoms with Crippen molar-refractivity contribution in [1.82, 2.24) is 15.5 Å². The SMILES string of the molecule is OC1(CN2CCNCCNCC2)COCCCOC1. The molecule has 0 aromatic rings. The van der Waals surface area contributed by atoms with Crippen LogP contribution in [0.5, 0.6) is 0 Å². The van der Waals surface area contributed by atoms with Crippen molar-refractivity contribution >= 4 is 0 Å². The molecule has 2 aliphatic rings. The van der Waals surface area contributed by atoms with Crippen LogP contribution in [-0.2, 0) is 9.47 Å². The molecule has 0 bridgehead atoms. The van der Waals surface area contributed by atoms with Gasteiger partial charge in [-0.25, -0.2) is 0 Å². The Labute approximate surface area is 115 Å². The fourth-order valence-electron chi connectivity index (χ4n) is 2.51. The van der Waals surface area contributed by atoms with E-state index in [0.29, 0.717) is 33.0 Å². The zero-order valence-electron chi connectivity index (χ0n) is 11.7. The maximum Gasteiger partial charge on any atom is 0.124 e. The van der Waals surface area contributed by atoms with Crippen LogP contribution in [0.25, 0.3) is 0 Å². The quantitative estimate of drug-likeness (QED) is 0.578. The molecule has 2 aliphatic heterocycles.